The van der Waals surface area contributed by atoms with Gasteiger partial charge in [-0.3, -0.25) is 94.4 Å². The minimum atomic E-state index is -4.94. The molecule has 8 aromatic rings. The van der Waals surface area contributed by atoms with E-state index in [0.717, 1.165) is 43.2 Å². The second-order valence-electron chi connectivity index (χ2n) is 32.4. The first kappa shape index (κ1) is 98.6. The van der Waals surface area contributed by atoms with Crippen LogP contribution < -0.4 is 62.0 Å². The number of H-pyrrole nitrogens is 5. The predicted molar refractivity (Wildman–Crippen MR) is 471 cm³/mol. The third kappa shape index (κ3) is 19.1. The fourth-order valence-corrected chi connectivity index (χ4v) is 25.6. The first-order valence-corrected chi connectivity index (χ1v) is 55.6. The molecule has 0 aromatic carbocycles. The topological polar surface area (TPSA) is 722 Å². The van der Waals surface area contributed by atoms with E-state index < -0.39 is 289 Å². The zero-order chi connectivity index (χ0) is 95.6. The maximum atomic E-state index is 15.1. The molecular weight excluding hydrogens is 2020 g/mol. The minimum Gasteiger partial charge on any atom is -0.393 e. The number of nitrogens with zero attached hydrogens (tertiary/aromatic N) is 11. The highest BCUT2D eigenvalue weighted by atomic mass is 32.7. The Morgan fingerprint density at radius 3 is 1.25 bits per heavy atom. The first-order chi connectivity index (χ1) is 62.4. The maximum absolute atomic E-state index is 15.1. The van der Waals surface area contributed by atoms with E-state index >= 15 is 4.57 Å². The average molecular weight is 2100 g/mol. The Morgan fingerprint density at radius 2 is 0.812 bits per heavy atom. The van der Waals surface area contributed by atoms with E-state index in [-0.39, 0.29) is 62.8 Å². The summed E-state index contributed by atoms with van der Waals surface area (Å²) in [5, 5.41) is 11.1. The number of aryl methyl sites for hydroxylation is 4. The molecule has 0 aliphatic carbocycles. The van der Waals surface area contributed by atoms with Gasteiger partial charge in [0.15, 0.2) is 41.3 Å². The standard InChI is InChI=1S/C66H84N18O37P6S6/c1-24-11-79(60(91)75-51(24)86)37-8-31(116-122(95,96)128)34(110-37)15-102-123(97,129)117-32-9-38(80-12-25(2)52(87)76-61(80)92)111-35(32)16-103-124(98,130)118-33-10-39(81-13-26(3)53(88)77-62(81)93)112-36(33)17-104-125(99,131)120-46-43-56(82-14-27(4)54(89)78-63(82)94)114-65(46,29(6)108-43)19-106-127(101,133)121-47-44-57(83-22-71-40-48(67)69-21-70-49(40)83)115-66(47,30(7)109-44)20-105-126(100,132)119-45-42-58(113-64(45,18-85)28(5)107-42)84-23-72-41-50(84)73-59(68)74-55(41)90/h11-14,21-23,28-39,42-47,56-58,85H,8-10,15-20H2,1-7H3,(H,97,129)(H,98,130)(H,99,131)(H,100,132)(H,101,133)(H2,67,69,70)(H,75,86,91)(H,76,87,92)(H,77,88,93)(H,78,89,94)(H2,95,96,128)(H3,68,73,74,90)/t28-,29-,30-,31?,32?,33?,34+,35+,36+,37+,38+,39+,42-,43-,44-,45?,46?,47?,56+,57+,58+,64+,65+,66+,123?,124?,125?,126?,127?/m0/s1. The van der Waals surface area contributed by atoms with E-state index in [1.165, 1.54) is 69.5 Å². The number of rotatable bonds is 34. The number of aromatic amines is 5. The lowest BCUT2D eigenvalue weighted by molar-refractivity contribution is -0.218. The van der Waals surface area contributed by atoms with E-state index in [9.17, 15) is 77.6 Å². The number of nitrogens with one attached hydrogen (secondary N) is 5. The van der Waals surface area contributed by atoms with Crippen LogP contribution in [0, 0.1) is 27.7 Å². The molecule has 6 bridgehead atoms. The van der Waals surface area contributed by atoms with Gasteiger partial charge in [0.1, 0.15) is 102 Å². The summed E-state index contributed by atoms with van der Waals surface area (Å²) in [6, 6.07) is 0. The number of hydrogen-bond donors (Lipinski definition) is 15. The summed E-state index contributed by atoms with van der Waals surface area (Å²) >= 11 is 31.9. The van der Waals surface area contributed by atoms with Crippen molar-refractivity contribution >= 4 is 146 Å². The molecule has 8 aromatic heterocycles. The lowest BCUT2D eigenvalue weighted by Crippen LogP contribution is -2.52. The number of aliphatic hydroxyl groups is 1. The van der Waals surface area contributed by atoms with Crippen LogP contribution in [0.5, 0.6) is 0 Å². The van der Waals surface area contributed by atoms with Gasteiger partial charge in [0.05, 0.1) is 88.9 Å². The van der Waals surface area contributed by atoms with Crippen molar-refractivity contribution in [2.45, 2.75) is 213 Å². The van der Waals surface area contributed by atoms with Crippen molar-refractivity contribution in [3.05, 3.63) is 160 Å². The fourth-order valence-electron chi connectivity index (χ4n) is 17.4. The van der Waals surface area contributed by atoms with Crippen LogP contribution in [0.15, 0.2) is 86.9 Å². The molecule has 9 aliphatic heterocycles. The molecule has 55 nitrogen and oxygen atoms in total. The summed E-state index contributed by atoms with van der Waals surface area (Å²) in [5.41, 5.74) is -1.26. The molecule has 29 atom stereocenters. The number of nitrogens with two attached hydrogens (primary N) is 2. The summed E-state index contributed by atoms with van der Waals surface area (Å²) < 4.78 is 146. The summed E-state index contributed by atoms with van der Waals surface area (Å²) in [6.07, 6.45) is -22.3. The van der Waals surface area contributed by atoms with E-state index in [4.69, 9.17) is 163 Å². The molecule has 17 heterocycles. The number of imidazole rings is 2. The van der Waals surface area contributed by atoms with Crippen molar-refractivity contribution < 1.29 is 131 Å². The van der Waals surface area contributed by atoms with E-state index in [1.807, 2.05) is 0 Å². The Labute approximate surface area is 774 Å². The maximum Gasteiger partial charge on any atom is 0.386 e. The van der Waals surface area contributed by atoms with Gasteiger partial charge < -0.3 is 120 Å². The summed E-state index contributed by atoms with van der Waals surface area (Å²) in [5.74, 6) is -0.297. The first-order valence-electron chi connectivity index (χ1n) is 39.9. The molecule has 0 spiro atoms. The molecule has 9 aliphatic rings. The molecule has 133 heavy (non-hydrogen) atoms. The van der Waals surface area contributed by atoms with Gasteiger partial charge >= 0.3 is 63.1 Å². The van der Waals surface area contributed by atoms with Crippen molar-refractivity contribution in [1.29, 1.82) is 0 Å². The molecule has 0 radical (unpaired) electrons. The number of ether oxygens (including phenoxy) is 9. The van der Waals surface area contributed by atoms with Gasteiger partial charge in [0.25, 0.3) is 27.8 Å². The van der Waals surface area contributed by atoms with Gasteiger partial charge in [-0.05, 0) is 108 Å². The van der Waals surface area contributed by atoms with E-state index in [1.54, 1.807) is 6.92 Å². The van der Waals surface area contributed by atoms with Crippen LogP contribution in [0.3, 0.4) is 0 Å². The van der Waals surface area contributed by atoms with Crippen LogP contribution in [-0.2, 0) is 156 Å². The quantitative estimate of drug-likeness (QED) is 0.0154. The molecule has 11 unspecified atom stereocenters. The van der Waals surface area contributed by atoms with Gasteiger partial charge in [0, 0.05) is 66.3 Å². The Morgan fingerprint density at radius 1 is 0.451 bits per heavy atom. The molecule has 67 heteroatoms. The summed E-state index contributed by atoms with van der Waals surface area (Å²) in [4.78, 5) is 219. The van der Waals surface area contributed by atoms with E-state index in [0.29, 0.717) is 0 Å². The highest BCUT2D eigenvalue weighted by Gasteiger charge is 2.73. The van der Waals surface area contributed by atoms with Crippen LogP contribution in [0.1, 0.15) is 99.7 Å². The number of hydrogen-bond acceptors (Lipinski definition) is 43. The third-order valence-electron chi connectivity index (χ3n) is 24.0. The smallest absolute Gasteiger partial charge is 0.386 e. The molecule has 9 fully saturated rings. The number of aromatic nitrogens is 16. The molecule has 726 valence electrons. The van der Waals surface area contributed by atoms with Gasteiger partial charge in [-0.15, -0.1) is 0 Å². The lowest BCUT2D eigenvalue weighted by atomic mass is 9.94. The SMILES string of the molecule is Cc1cn([C@@H]2O[C@@]3(COP(O)(=S)OC4[C@@H]5O[C@@H](C)[C@@]4(COP(=O)(S)OC4[C@@H]6O[C@@H](C)[C@@]4(CO)O[C@H]6n4cnc6c(=O)[nH]c(N)nc64)O[C@H]5n4cnc5c(N)ncnc54)C(OP(O)(=S)OC[C@H]4O[C@@H](n5cc(C)c(=O)[nH]c5=O)CC4OP(O)(=S)OC[C@H]4O[C@@H](n5cc(C)c(=O)[nH]c5=O)CC4OP(O)(=S)OC[C@H]4O[C@@H](n5cc(C)c(=O)[nH]c5=O)CC4OP(O)(O)=S)[C@@H]2O[C@H]3C)c(=O)[nH]c1=O. The van der Waals surface area contributed by atoms with Crippen molar-refractivity contribution in [1.82, 2.24) is 77.2 Å². The number of nitrogen functional groups attached to an aromatic ring is 2. The van der Waals surface area contributed by atoms with Crippen molar-refractivity contribution in [2.75, 3.05) is 51.1 Å². The third-order valence-corrected chi connectivity index (χ3v) is 32.6. The monoisotopic (exact) mass is 2100 g/mol. The van der Waals surface area contributed by atoms with Crippen molar-refractivity contribution in [3.8, 4) is 0 Å². The average Bonchev–Trinajstić information content (AvgIpc) is 1.56. The highest BCUT2D eigenvalue weighted by Crippen LogP contribution is 2.66. The van der Waals surface area contributed by atoms with E-state index in [2.05, 4.69) is 62.1 Å². The molecule has 9 saturated heterocycles. The minimum absolute atomic E-state index is 0.00839. The normalized spacial score (nSPS) is 34.1. The number of fused-ring (bicyclic) bond motifs is 8. The number of aliphatic hydroxyl groups excluding tert-OH is 1. The number of thiol groups is 1. The second kappa shape index (κ2) is 36.6. The Hall–Kier alpha value is -6.03. The molecule has 0 amide bonds. The fraction of sp³-hybridized carbons (Fsp3) is 0.606. The Balaban J connectivity index is 0.617. The highest BCUT2D eigenvalue weighted by molar-refractivity contribution is 8.44. The zero-order valence-corrected chi connectivity index (χ0v) is 80.0. The van der Waals surface area contributed by atoms with Crippen molar-refractivity contribution in [2.24, 2.45) is 0 Å². The number of anilines is 2. The summed E-state index contributed by atoms with van der Waals surface area (Å²) in [6.45, 7) is -23.6. The van der Waals surface area contributed by atoms with Crippen LogP contribution in [0.2, 0.25) is 0 Å². The lowest BCUT2D eigenvalue weighted by Gasteiger charge is -2.38. The van der Waals surface area contributed by atoms with Crippen molar-refractivity contribution in [3.63, 3.8) is 0 Å². The molecule has 17 rings (SSSR count). The summed E-state index contributed by atoms with van der Waals surface area (Å²) in [7, 11) is 0. The van der Waals surface area contributed by atoms with Gasteiger partial charge in [-0.1, -0.05) is 12.2 Å². The molecular formula is C66H84N18O37P6S6. The van der Waals surface area contributed by atoms with Crippen LogP contribution in [0.25, 0.3) is 22.3 Å². The van der Waals surface area contributed by atoms with Gasteiger partial charge in [-0.2, -0.15) is 4.98 Å². The van der Waals surface area contributed by atoms with Crippen LogP contribution >= 0.6 is 52.6 Å². The molecule has 0 saturated carbocycles. The largest absolute Gasteiger partial charge is 0.393 e. The van der Waals surface area contributed by atoms with Crippen LogP contribution in [-0.4, -0.2) is 260 Å². The predicted octanol–water partition coefficient (Wildman–Crippen LogP) is -1.91. The Bertz CT molecular complexity index is 6860. The zero-order valence-electron chi connectivity index (χ0n) is 69.7. The van der Waals surface area contributed by atoms with Gasteiger partial charge in [0.2, 0.25) is 5.95 Å². The second-order valence-corrected chi connectivity index (χ2v) is 49.1. The Kier molecular flexibility index (Phi) is 27.1. The molecule has 16 N–H and O–H groups in total. The van der Waals surface area contributed by atoms with Gasteiger partial charge in [-0.25, -0.2) is 43.7 Å². The van der Waals surface area contributed by atoms with Crippen LogP contribution in [0.4, 0.5) is 11.8 Å².